The molecule has 1 heterocycles. The van der Waals surface area contributed by atoms with Gasteiger partial charge in [0.05, 0.1) is 19.8 Å². The Balaban J connectivity index is 2.28. The fourth-order valence-corrected chi connectivity index (χ4v) is 1.76. The molecule has 1 rings (SSSR count). The number of nitrogens with one attached hydrogen (secondary N) is 1. The molecule has 0 aliphatic heterocycles. The first kappa shape index (κ1) is 17.2. The van der Waals surface area contributed by atoms with Crippen LogP contribution in [0.5, 0.6) is 5.88 Å². The van der Waals surface area contributed by atoms with Crippen LogP contribution in [0.15, 0.2) is 12.3 Å². The number of halogens is 1. The molecule has 0 amide bonds. The fourth-order valence-electron chi connectivity index (χ4n) is 1.52. The average molecular weight is 303 g/mol. The second-order valence-electron chi connectivity index (χ2n) is 4.26. The van der Waals surface area contributed by atoms with Crippen LogP contribution in [-0.4, -0.2) is 45.1 Å². The molecule has 20 heavy (non-hydrogen) atoms. The first-order valence-corrected chi connectivity index (χ1v) is 7.20. The van der Waals surface area contributed by atoms with Crippen LogP contribution in [0, 0.1) is 0 Å². The Kier molecular flexibility index (Phi) is 9.32. The summed E-state index contributed by atoms with van der Waals surface area (Å²) in [6.07, 6.45) is 2.88. The van der Waals surface area contributed by atoms with E-state index in [0.717, 1.165) is 25.1 Å². The minimum Gasteiger partial charge on any atom is -0.474 e. The van der Waals surface area contributed by atoms with E-state index in [4.69, 9.17) is 25.8 Å². The maximum Gasteiger partial charge on any atom is 0.232 e. The van der Waals surface area contributed by atoms with E-state index in [0.29, 0.717) is 37.3 Å². The lowest BCUT2D eigenvalue weighted by molar-refractivity contribution is 0.0537. The van der Waals surface area contributed by atoms with E-state index in [9.17, 15) is 0 Å². The lowest BCUT2D eigenvalue weighted by atomic mass is 10.3. The Hall–Kier alpha value is -0.880. The third-order valence-corrected chi connectivity index (χ3v) is 2.79. The van der Waals surface area contributed by atoms with Gasteiger partial charge in [0.15, 0.2) is 0 Å². The molecule has 1 aromatic rings. The van der Waals surface area contributed by atoms with Gasteiger partial charge < -0.3 is 19.5 Å². The molecule has 0 saturated heterocycles. The molecular weight excluding hydrogens is 280 g/mol. The van der Waals surface area contributed by atoms with Crippen LogP contribution in [0.25, 0.3) is 0 Å². The average Bonchev–Trinajstić information content (AvgIpc) is 2.45. The Morgan fingerprint density at radius 2 is 2.05 bits per heavy atom. The Morgan fingerprint density at radius 1 is 1.25 bits per heavy atom. The summed E-state index contributed by atoms with van der Waals surface area (Å²) in [6.45, 7) is 5.92. The minimum absolute atomic E-state index is 0.421. The third-order valence-electron chi connectivity index (χ3n) is 2.52. The summed E-state index contributed by atoms with van der Waals surface area (Å²) in [6, 6.07) is 1.87. The van der Waals surface area contributed by atoms with E-state index < -0.39 is 0 Å². The topological polar surface area (TPSA) is 52.6 Å². The minimum atomic E-state index is 0.421. The molecule has 0 fully saturated rings. The summed E-state index contributed by atoms with van der Waals surface area (Å²) in [5, 5.41) is 3.82. The van der Waals surface area contributed by atoms with Crippen molar-refractivity contribution in [3.05, 3.63) is 22.8 Å². The predicted octanol–water partition coefficient (Wildman–Crippen LogP) is 2.28. The summed E-state index contributed by atoms with van der Waals surface area (Å²) < 4.78 is 15.6. The van der Waals surface area contributed by atoms with Gasteiger partial charge in [-0.1, -0.05) is 18.5 Å². The van der Waals surface area contributed by atoms with Crippen LogP contribution in [0.2, 0.25) is 5.02 Å². The maximum atomic E-state index is 6.13. The lowest BCUT2D eigenvalue weighted by Crippen LogP contribution is -2.14. The van der Waals surface area contributed by atoms with Gasteiger partial charge in [0.1, 0.15) is 11.6 Å². The van der Waals surface area contributed by atoms with Gasteiger partial charge in [-0.25, -0.2) is 4.98 Å². The summed E-state index contributed by atoms with van der Waals surface area (Å²) >= 11 is 6.13. The van der Waals surface area contributed by atoms with Gasteiger partial charge in [0, 0.05) is 19.9 Å². The first-order valence-electron chi connectivity index (χ1n) is 6.82. The molecule has 114 valence electrons. The van der Waals surface area contributed by atoms with E-state index in [1.54, 1.807) is 13.3 Å². The highest BCUT2D eigenvalue weighted by molar-refractivity contribution is 6.31. The van der Waals surface area contributed by atoms with Crippen LogP contribution < -0.4 is 10.1 Å². The molecule has 0 saturated carbocycles. The van der Waals surface area contributed by atoms with Crippen molar-refractivity contribution >= 4 is 11.6 Å². The number of aromatic nitrogens is 1. The van der Waals surface area contributed by atoms with Gasteiger partial charge >= 0.3 is 0 Å². The summed E-state index contributed by atoms with van der Waals surface area (Å²) in [4.78, 5) is 4.22. The lowest BCUT2D eigenvalue weighted by Gasteiger charge is -2.09. The number of nitrogens with zero attached hydrogens (tertiary/aromatic N) is 1. The highest BCUT2D eigenvalue weighted by atomic mass is 35.5. The number of hydrogen-bond acceptors (Lipinski definition) is 5. The van der Waals surface area contributed by atoms with Crippen LogP contribution >= 0.6 is 11.6 Å². The van der Waals surface area contributed by atoms with Crippen molar-refractivity contribution in [3.8, 4) is 5.88 Å². The summed E-state index contributed by atoms with van der Waals surface area (Å²) in [5.74, 6) is 0.446. The number of methoxy groups -OCH3 is 1. The Labute approximate surface area is 125 Å². The second-order valence-corrected chi connectivity index (χ2v) is 4.67. The monoisotopic (exact) mass is 302 g/mol. The molecule has 0 bridgehead atoms. The standard InChI is InChI=1S/C14H23ClN2O3/c1-3-4-16-10-12-9-13(15)14(17-11-12)20-8-7-19-6-5-18-2/h9,11,16H,3-8,10H2,1-2H3. The normalized spacial score (nSPS) is 10.8. The van der Waals surface area contributed by atoms with Crippen LogP contribution in [0.3, 0.4) is 0 Å². The molecule has 0 aliphatic rings. The highest BCUT2D eigenvalue weighted by Crippen LogP contribution is 2.22. The third kappa shape index (κ3) is 7.05. The fraction of sp³-hybridized carbons (Fsp3) is 0.643. The predicted molar refractivity (Wildman–Crippen MR) is 79.4 cm³/mol. The Bertz CT molecular complexity index is 377. The van der Waals surface area contributed by atoms with Crippen molar-refractivity contribution in [2.24, 2.45) is 0 Å². The van der Waals surface area contributed by atoms with Crippen molar-refractivity contribution in [3.63, 3.8) is 0 Å². The number of rotatable bonds is 11. The summed E-state index contributed by atoms with van der Waals surface area (Å²) in [5.41, 5.74) is 1.05. The van der Waals surface area contributed by atoms with E-state index in [1.165, 1.54) is 0 Å². The van der Waals surface area contributed by atoms with Gasteiger partial charge in [-0.15, -0.1) is 0 Å². The van der Waals surface area contributed by atoms with Gasteiger partial charge in [0.2, 0.25) is 5.88 Å². The highest BCUT2D eigenvalue weighted by Gasteiger charge is 2.04. The van der Waals surface area contributed by atoms with Gasteiger partial charge in [-0.05, 0) is 24.6 Å². The van der Waals surface area contributed by atoms with E-state index in [2.05, 4.69) is 17.2 Å². The SMILES string of the molecule is CCCNCc1cnc(OCCOCCOC)c(Cl)c1. The van der Waals surface area contributed by atoms with Gasteiger partial charge in [-0.3, -0.25) is 0 Å². The largest absolute Gasteiger partial charge is 0.474 e. The molecule has 5 nitrogen and oxygen atoms in total. The summed E-state index contributed by atoms with van der Waals surface area (Å²) in [7, 11) is 1.64. The van der Waals surface area contributed by atoms with Crippen molar-refractivity contribution in [1.29, 1.82) is 0 Å². The zero-order chi connectivity index (χ0) is 14.6. The van der Waals surface area contributed by atoms with Crippen molar-refractivity contribution in [1.82, 2.24) is 10.3 Å². The second kappa shape index (κ2) is 10.9. The first-order chi connectivity index (χ1) is 9.77. The Morgan fingerprint density at radius 3 is 2.75 bits per heavy atom. The van der Waals surface area contributed by atoms with Crippen LogP contribution in [0.4, 0.5) is 0 Å². The van der Waals surface area contributed by atoms with Crippen molar-refractivity contribution < 1.29 is 14.2 Å². The van der Waals surface area contributed by atoms with Crippen LogP contribution in [0.1, 0.15) is 18.9 Å². The van der Waals surface area contributed by atoms with Crippen molar-refractivity contribution in [2.75, 3.05) is 40.1 Å². The van der Waals surface area contributed by atoms with E-state index >= 15 is 0 Å². The number of hydrogen-bond donors (Lipinski definition) is 1. The molecule has 6 heteroatoms. The van der Waals surface area contributed by atoms with Gasteiger partial charge in [0.25, 0.3) is 0 Å². The van der Waals surface area contributed by atoms with E-state index in [-0.39, 0.29) is 0 Å². The molecule has 0 atom stereocenters. The molecule has 0 aromatic carbocycles. The molecule has 1 N–H and O–H groups in total. The quantitative estimate of drug-likeness (QED) is 0.636. The smallest absolute Gasteiger partial charge is 0.232 e. The molecule has 1 aromatic heterocycles. The van der Waals surface area contributed by atoms with Gasteiger partial charge in [-0.2, -0.15) is 0 Å². The number of pyridine rings is 1. The molecule has 0 spiro atoms. The molecule has 0 radical (unpaired) electrons. The van der Waals surface area contributed by atoms with Crippen molar-refractivity contribution in [2.45, 2.75) is 19.9 Å². The zero-order valence-corrected chi connectivity index (χ0v) is 12.9. The molecule has 0 unspecified atom stereocenters. The molecule has 0 aliphatic carbocycles. The van der Waals surface area contributed by atoms with E-state index in [1.807, 2.05) is 6.07 Å². The number of ether oxygens (including phenoxy) is 3. The molecular formula is C14H23ClN2O3. The maximum absolute atomic E-state index is 6.13. The zero-order valence-electron chi connectivity index (χ0n) is 12.2. The van der Waals surface area contributed by atoms with Crippen LogP contribution in [-0.2, 0) is 16.0 Å².